The highest BCUT2D eigenvalue weighted by Gasteiger charge is 2.22. The lowest BCUT2D eigenvalue weighted by molar-refractivity contribution is 0.762. The number of anilines is 1. The molecule has 92 valence electrons. The number of nitrogens with one attached hydrogen (secondary N) is 1. The molecule has 1 unspecified atom stereocenters. The van der Waals surface area contributed by atoms with Crippen LogP contribution in [0.3, 0.4) is 0 Å². The van der Waals surface area contributed by atoms with Crippen LogP contribution in [-0.4, -0.2) is 0 Å². The van der Waals surface area contributed by atoms with E-state index >= 15 is 0 Å². The van der Waals surface area contributed by atoms with E-state index in [0.717, 1.165) is 27.1 Å². The number of hydrogen-bond acceptors (Lipinski definition) is 1. The van der Waals surface area contributed by atoms with Gasteiger partial charge in [-0.1, -0.05) is 35.9 Å². The predicted molar refractivity (Wildman–Crippen MR) is 85.3 cm³/mol. The van der Waals surface area contributed by atoms with Gasteiger partial charge in [0.15, 0.2) is 0 Å². The summed E-state index contributed by atoms with van der Waals surface area (Å²) in [5.74, 6) is 0. The maximum absolute atomic E-state index is 6.27. The minimum absolute atomic E-state index is 0.388. The predicted octanol–water partition coefficient (Wildman–Crippen LogP) is 5.04. The Kier molecular flexibility index (Phi) is 3.48. The van der Waals surface area contributed by atoms with Crippen LogP contribution in [0.25, 0.3) is 0 Å². The summed E-state index contributed by atoms with van der Waals surface area (Å²) < 4.78 is 1.16. The topological polar surface area (TPSA) is 12.0 Å². The molecule has 0 bridgehead atoms. The first-order chi connectivity index (χ1) is 8.74. The van der Waals surface area contributed by atoms with Crippen LogP contribution in [0, 0.1) is 3.57 Å². The molecule has 0 saturated carbocycles. The third-order valence-electron chi connectivity index (χ3n) is 3.39. The Morgan fingerprint density at radius 1 is 1.17 bits per heavy atom. The third-order valence-corrected chi connectivity index (χ3v) is 4.38. The summed E-state index contributed by atoms with van der Waals surface area (Å²) in [6, 6.07) is 15.2. The molecule has 1 atom stereocenters. The molecule has 0 aromatic heterocycles. The van der Waals surface area contributed by atoms with Gasteiger partial charge in [0.25, 0.3) is 0 Å². The van der Waals surface area contributed by atoms with Crippen LogP contribution in [-0.2, 0) is 6.42 Å². The lowest BCUT2D eigenvalue weighted by atomic mass is 10.1. The Labute approximate surface area is 126 Å². The normalized spacial score (nSPS) is 17.6. The van der Waals surface area contributed by atoms with Crippen molar-refractivity contribution in [2.45, 2.75) is 18.9 Å². The maximum Gasteiger partial charge on any atom is 0.0648 e. The lowest BCUT2D eigenvalue weighted by Crippen LogP contribution is -2.07. The minimum Gasteiger partial charge on any atom is -0.377 e. The van der Waals surface area contributed by atoms with Crippen molar-refractivity contribution in [1.29, 1.82) is 0 Å². The second kappa shape index (κ2) is 5.10. The van der Waals surface area contributed by atoms with Gasteiger partial charge in [-0.2, -0.15) is 0 Å². The van der Waals surface area contributed by atoms with Gasteiger partial charge in [-0.15, -0.1) is 0 Å². The summed E-state index contributed by atoms with van der Waals surface area (Å²) in [5, 5.41) is 4.35. The number of fused-ring (bicyclic) bond motifs is 1. The van der Waals surface area contributed by atoms with E-state index in [0.29, 0.717) is 6.04 Å². The van der Waals surface area contributed by atoms with E-state index in [1.807, 2.05) is 6.07 Å². The summed E-state index contributed by atoms with van der Waals surface area (Å²) in [6.07, 6.45) is 2.29. The standard InChI is InChI=1S/C15H13ClIN/c16-13-9-11(17)6-8-15(13)18-14-7-5-10-3-1-2-4-12(10)14/h1-4,6,8-9,14,18H,5,7H2. The second-order valence-corrected chi connectivity index (χ2v) is 6.21. The lowest BCUT2D eigenvalue weighted by Gasteiger charge is -2.16. The van der Waals surface area contributed by atoms with Gasteiger partial charge in [-0.25, -0.2) is 0 Å². The maximum atomic E-state index is 6.27. The molecule has 0 aliphatic heterocycles. The van der Waals surface area contributed by atoms with Crippen LogP contribution in [0.2, 0.25) is 5.02 Å². The zero-order chi connectivity index (χ0) is 12.5. The highest BCUT2D eigenvalue weighted by molar-refractivity contribution is 14.1. The van der Waals surface area contributed by atoms with Gasteiger partial charge < -0.3 is 5.32 Å². The van der Waals surface area contributed by atoms with Crippen LogP contribution in [0.1, 0.15) is 23.6 Å². The minimum atomic E-state index is 0.388. The van der Waals surface area contributed by atoms with Gasteiger partial charge in [-0.05, 0) is 64.8 Å². The van der Waals surface area contributed by atoms with E-state index in [1.165, 1.54) is 11.1 Å². The molecule has 2 aromatic carbocycles. The fourth-order valence-corrected chi connectivity index (χ4v) is 3.41. The highest BCUT2D eigenvalue weighted by atomic mass is 127. The molecule has 1 aliphatic carbocycles. The van der Waals surface area contributed by atoms with E-state index in [2.05, 4.69) is 64.3 Å². The molecule has 0 radical (unpaired) electrons. The average molecular weight is 370 g/mol. The van der Waals surface area contributed by atoms with Gasteiger partial charge in [0.1, 0.15) is 0 Å². The summed E-state index contributed by atoms with van der Waals surface area (Å²) in [4.78, 5) is 0. The smallest absolute Gasteiger partial charge is 0.0648 e. The first-order valence-electron chi connectivity index (χ1n) is 6.03. The fraction of sp³-hybridized carbons (Fsp3) is 0.200. The van der Waals surface area contributed by atoms with Crippen LogP contribution in [0.5, 0.6) is 0 Å². The van der Waals surface area contributed by atoms with E-state index in [4.69, 9.17) is 11.6 Å². The number of benzene rings is 2. The van der Waals surface area contributed by atoms with Crippen molar-refractivity contribution in [1.82, 2.24) is 0 Å². The van der Waals surface area contributed by atoms with E-state index in [-0.39, 0.29) is 0 Å². The van der Waals surface area contributed by atoms with E-state index in [9.17, 15) is 0 Å². The zero-order valence-corrected chi connectivity index (χ0v) is 12.7. The Morgan fingerprint density at radius 3 is 2.83 bits per heavy atom. The number of rotatable bonds is 2. The number of aryl methyl sites for hydroxylation is 1. The molecule has 1 N–H and O–H groups in total. The summed E-state index contributed by atoms with van der Waals surface area (Å²) >= 11 is 8.54. The Morgan fingerprint density at radius 2 is 2.00 bits per heavy atom. The summed E-state index contributed by atoms with van der Waals surface area (Å²) in [6.45, 7) is 0. The van der Waals surface area contributed by atoms with Crippen molar-refractivity contribution in [3.63, 3.8) is 0 Å². The van der Waals surface area contributed by atoms with Gasteiger partial charge in [0.05, 0.1) is 16.8 Å². The van der Waals surface area contributed by atoms with Crippen molar-refractivity contribution in [2.24, 2.45) is 0 Å². The van der Waals surface area contributed by atoms with Gasteiger partial charge in [0, 0.05) is 3.57 Å². The van der Waals surface area contributed by atoms with Crippen molar-refractivity contribution in [2.75, 3.05) is 5.32 Å². The molecular formula is C15H13ClIN. The van der Waals surface area contributed by atoms with Crippen molar-refractivity contribution in [3.8, 4) is 0 Å². The highest BCUT2D eigenvalue weighted by Crippen LogP contribution is 2.35. The molecular weight excluding hydrogens is 357 g/mol. The zero-order valence-electron chi connectivity index (χ0n) is 9.79. The molecule has 18 heavy (non-hydrogen) atoms. The number of halogens is 2. The van der Waals surface area contributed by atoms with Gasteiger partial charge >= 0.3 is 0 Å². The molecule has 0 spiro atoms. The molecule has 2 aromatic rings. The van der Waals surface area contributed by atoms with Gasteiger partial charge in [0.2, 0.25) is 0 Å². The van der Waals surface area contributed by atoms with Crippen molar-refractivity contribution >= 4 is 39.9 Å². The summed E-state index contributed by atoms with van der Waals surface area (Å²) in [7, 11) is 0. The first-order valence-corrected chi connectivity index (χ1v) is 7.49. The molecule has 3 heteroatoms. The van der Waals surface area contributed by atoms with Crippen molar-refractivity contribution in [3.05, 3.63) is 62.2 Å². The van der Waals surface area contributed by atoms with Gasteiger partial charge in [-0.3, -0.25) is 0 Å². The van der Waals surface area contributed by atoms with E-state index in [1.54, 1.807) is 0 Å². The van der Waals surface area contributed by atoms with Crippen molar-refractivity contribution < 1.29 is 0 Å². The SMILES string of the molecule is Clc1cc(I)ccc1NC1CCc2ccccc21. The Balaban J connectivity index is 1.86. The second-order valence-electron chi connectivity index (χ2n) is 4.56. The molecule has 0 saturated heterocycles. The molecule has 3 rings (SSSR count). The molecule has 0 heterocycles. The monoisotopic (exact) mass is 369 g/mol. The molecule has 1 nitrogen and oxygen atoms in total. The molecule has 0 fully saturated rings. The summed E-state index contributed by atoms with van der Waals surface area (Å²) in [5.41, 5.74) is 3.89. The third kappa shape index (κ3) is 2.36. The number of hydrogen-bond donors (Lipinski definition) is 1. The fourth-order valence-electron chi connectivity index (χ4n) is 2.50. The Bertz CT molecular complexity index is 582. The van der Waals surface area contributed by atoms with E-state index < -0.39 is 0 Å². The first kappa shape index (κ1) is 12.3. The molecule has 0 amide bonds. The molecule has 1 aliphatic rings. The largest absolute Gasteiger partial charge is 0.377 e. The Hall–Kier alpha value is -0.740. The average Bonchev–Trinajstić information content (AvgIpc) is 2.76. The quantitative estimate of drug-likeness (QED) is 0.731. The van der Waals surface area contributed by atoms with Crippen LogP contribution >= 0.6 is 34.2 Å². The van der Waals surface area contributed by atoms with Crippen LogP contribution < -0.4 is 5.32 Å². The van der Waals surface area contributed by atoms with Crippen LogP contribution in [0.15, 0.2) is 42.5 Å². The van der Waals surface area contributed by atoms with Crippen LogP contribution in [0.4, 0.5) is 5.69 Å².